The summed E-state index contributed by atoms with van der Waals surface area (Å²) in [5.41, 5.74) is 0. The van der Waals surface area contributed by atoms with Gasteiger partial charge in [0.2, 0.25) is 6.41 Å². The molecule has 0 aromatic carbocycles. The molecule has 0 bridgehead atoms. The maximum atomic E-state index is 10.8. The molecule has 0 saturated heterocycles. The fourth-order valence-corrected chi connectivity index (χ4v) is 0.652. The van der Waals surface area contributed by atoms with Gasteiger partial charge in [0.25, 0.3) is 0 Å². The van der Waals surface area contributed by atoms with E-state index in [4.69, 9.17) is 0 Å². The van der Waals surface area contributed by atoms with Gasteiger partial charge in [0.05, 0.1) is 0 Å². The van der Waals surface area contributed by atoms with E-state index >= 15 is 0 Å². The summed E-state index contributed by atoms with van der Waals surface area (Å²) >= 11 is 0. The van der Waals surface area contributed by atoms with E-state index in [1.807, 2.05) is 0 Å². The summed E-state index contributed by atoms with van der Waals surface area (Å²) in [4.78, 5) is 20.7. The van der Waals surface area contributed by atoms with Crippen LogP contribution in [0.5, 0.6) is 0 Å². The van der Waals surface area contributed by atoms with Gasteiger partial charge < -0.3 is 20.7 Å². The Kier molecular flexibility index (Phi) is 7.91. The Bertz CT molecular complexity index is 152. The quantitative estimate of drug-likeness (QED) is 0.274. The Morgan fingerprint density at radius 3 is 2.77 bits per heavy atom. The van der Waals surface area contributed by atoms with Gasteiger partial charge in [-0.1, -0.05) is 0 Å². The zero-order valence-corrected chi connectivity index (χ0v) is 7.63. The molecule has 0 aromatic rings. The Morgan fingerprint density at radius 2 is 2.15 bits per heavy atom. The molecule has 13 heavy (non-hydrogen) atoms. The maximum Gasteiger partial charge on any atom is 0.316 e. The van der Waals surface area contributed by atoms with Crippen molar-refractivity contribution in [3.05, 3.63) is 0 Å². The van der Waals surface area contributed by atoms with E-state index in [1.54, 1.807) is 0 Å². The smallest absolute Gasteiger partial charge is 0.316 e. The second-order valence-electron chi connectivity index (χ2n) is 2.29. The normalized spacial score (nSPS) is 9.00. The van der Waals surface area contributed by atoms with Gasteiger partial charge in [-0.3, -0.25) is 4.79 Å². The van der Waals surface area contributed by atoms with Crippen LogP contribution >= 0.6 is 0 Å². The molecule has 3 amide bonds. The molecule has 0 atom stereocenters. The third-order valence-electron chi connectivity index (χ3n) is 1.24. The van der Waals surface area contributed by atoms with Crippen LogP contribution in [0.4, 0.5) is 4.79 Å². The van der Waals surface area contributed by atoms with Crippen LogP contribution in [-0.4, -0.2) is 39.4 Å². The molecule has 0 aliphatic rings. The van der Waals surface area contributed by atoms with Gasteiger partial charge in [-0.25, -0.2) is 4.79 Å². The van der Waals surface area contributed by atoms with Crippen LogP contribution in [0.15, 0.2) is 0 Å². The van der Waals surface area contributed by atoms with Crippen LogP contribution in [-0.2, 0) is 9.53 Å². The van der Waals surface area contributed by atoms with E-state index in [2.05, 4.69) is 20.7 Å². The largest absolute Gasteiger partial charge is 0.364 e. The van der Waals surface area contributed by atoms with E-state index in [1.165, 1.54) is 7.11 Å². The number of ether oxygens (including phenoxy) is 1. The van der Waals surface area contributed by atoms with Crippen molar-refractivity contribution in [3.8, 4) is 0 Å². The minimum absolute atomic E-state index is 0.193. The highest BCUT2D eigenvalue weighted by atomic mass is 16.5. The fourth-order valence-electron chi connectivity index (χ4n) is 0.652. The fraction of sp³-hybridized carbons (Fsp3) is 0.714. The predicted molar refractivity (Wildman–Crippen MR) is 47.1 cm³/mol. The maximum absolute atomic E-state index is 10.8. The van der Waals surface area contributed by atoms with Crippen molar-refractivity contribution in [3.63, 3.8) is 0 Å². The van der Waals surface area contributed by atoms with Crippen molar-refractivity contribution in [2.24, 2.45) is 0 Å². The van der Waals surface area contributed by atoms with Crippen LogP contribution in [0.1, 0.15) is 6.42 Å². The number of nitrogens with one attached hydrogen (secondary N) is 3. The molecule has 0 aliphatic carbocycles. The van der Waals surface area contributed by atoms with Crippen molar-refractivity contribution in [1.29, 1.82) is 0 Å². The number of methoxy groups -OCH3 is 1. The highest BCUT2D eigenvalue weighted by molar-refractivity contribution is 5.73. The molecular formula is C7H15N3O3. The molecule has 0 fully saturated rings. The van der Waals surface area contributed by atoms with Crippen LogP contribution in [0.25, 0.3) is 0 Å². The summed E-state index contributed by atoms with van der Waals surface area (Å²) in [5, 5.41) is 7.54. The summed E-state index contributed by atoms with van der Waals surface area (Å²) in [6.07, 6.45) is 1.34. The van der Waals surface area contributed by atoms with Crippen LogP contribution < -0.4 is 16.0 Å². The molecule has 0 aliphatic heterocycles. The number of rotatable bonds is 7. The lowest BCUT2D eigenvalue weighted by Gasteiger charge is -2.05. The molecule has 0 unspecified atom stereocenters. The summed E-state index contributed by atoms with van der Waals surface area (Å²) in [6.45, 7) is 1.28. The summed E-state index contributed by atoms with van der Waals surface area (Å²) in [7, 11) is 1.49. The summed E-state index contributed by atoms with van der Waals surface area (Å²) in [5.74, 6) is 0. The standard InChI is InChI=1S/C7H15N3O3/c1-13-6-10-7(12)9-4-2-3-8-5-11/h5H,2-4,6H2,1H3,(H,8,11)(H2,9,10,12). The minimum Gasteiger partial charge on any atom is -0.364 e. The molecule has 0 saturated carbocycles. The molecule has 0 radical (unpaired) electrons. The van der Waals surface area contributed by atoms with Gasteiger partial charge in [-0.15, -0.1) is 0 Å². The van der Waals surface area contributed by atoms with Crippen LogP contribution in [0.2, 0.25) is 0 Å². The molecule has 0 spiro atoms. The lowest BCUT2D eigenvalue weighted by Crippen LogP contribution is -2.37. The summed E-state index contributed by atoms with van der Waals surface area (Å²) in [6, 6.07) is -0.270. The van der Waals surface area contributed by atoms with Gasteiger partial charge in [-0.2, -0.15) is 0 Å². The van der Waals surface area contributed by atoms with E-state index in [-0.39, 0.29) is 12.8 Å². The molecule has 0 aromatic heterocycles. The second kappa shape index (κ2) is 8.79. The zero-order valence-electron chi connectivity index (χ0n) is 7.63. The van der Waals surface area contributed by atoms with Crippen molar-refractivity contribution >= 4 is 12.4 Å². The van der Waals surface area contributed by atoms with E-state index < -0.39 is 0 Å². The lowest BCUT2D eigenvalue weighted by atomic mass is 10.4. The Hall–Kier alpha value is -1.30. The van der Waals surface area contributed by atoms with Gasteiger partial charge in [0, 0.05) is 20.2 Å². The van der Waals surface area contributed by atoms with Gasteiger partial charge in [-0.05, 0) is 6.42 Å². The average molecular weight is 189 g/mol. The van der Waals surface area contributed by atoms with Gasteiger partial charge in [0.1, 0.15) is 6.73 Å². The first-order chi connectivity index (χ1) is 6.31. The van der Waals surface area contributed by atoms with E-state index in [0.29, 0.717) is 25.9 Å². The predicted octanol–water partition coefficient (Wildman–Crippen LogP) is -0.974. The Labute approximate surface area is 77.0 Å². The molecule has 76 valence electrons. The van der Waals surface area contributed by atoms with Crippen molar-refractivity contribution in [2.75, 3.05) is 26.9 Å². The SMILES string of the molecule is COCNC(=O)NCCCNC=O. The Morgan fingerprint density at radius 1 is 1.38 bits per heavy atom. The zero-order chi connectivity index (χ0) is 9.94. The number of carbonyl (C=O) groups is 2. The van der Waals surface area contributed by atoms with Gasteiger partial charge in [0.15, 0.2) is 0 Å². The first-order valence-corrected chi connectivity index (χ1v) is 3.99. The third-order valence-corrected chi connectivity index (χ3v) is 1.24. The topological polar surface area (TPSA) is 79.5 Å². The van der Waals surface area contributed by atoms with Crippen molar-refractivity contribution < 1.29 is 14.3 Å². The van der Waals surface area contributed by atoms with Crippen LogP contribution in [0, 0.1) is 0 Å². The number of hydrogen-bond donors (Lipinski definition) is 3. The third kappa shape index (κ3) is 8.61. The number of carbonyl (C=O) groups excluding carboxylic acids is 2. The Balaban J connectivity index is 3.12. The number of urea groups is 1. The van der Waals surface area contributed by atoms with Crippen molar-refractivity contribution in [2.45, 2.75) is 6.42 Å². The summed E-state index contributed by atoms with van der Waals surface area (Å²) < 4.78 is 4.63. The number of amides is 3. The molecule has 0 rings (SSSR count). The van der Waals surface area contributed by atoms with Crippen LogP contribution in [0.3, 0.4) is 0 Å². The highest BCUT2D eigenvalue weighted by Crippen LogP contribution is 1.72. The lowest BCUT2D eigenvalue weighted by molar-refractivity contribution is -0.109. The first-order valence-electron chi connectivity index (χ1n) is 3.99. The van der Waals surface area contributed by atoms with E-state index in [9.17, 15) is 9.59 Å². The molecular weight excluding hydrogens is 174 g/mol. The van der Waals surface area contributed by atoms with Gasteiger partial charge >= 0.3 is 6.03 Å². The van der Waals surface area contributed by atoms with E-state index in [0.717, 1.165) is 0 Å². The molecule has 0 heterocycles. The molecule has 6 heteroatoms. The van der Waals surface area contributed by atoms with Crippen molar-refractivity contribution in [1.82, 2.24) is 16.0 Å². The minimum atomic E-state index is -0.270. The second-order valence-corrected chi connectivity index (χ2v) is 2.29. The highest BCUT2D eigenvalue weighted by Gasteiger charge is 1.95. The monoisotopic (exact) mass is 189 g/mol. The molecule has 3 N–H and O–H groups in total. The molecule has 6 nitrogen and oxygen atoms in total. The first kappa shape index (κ1) is 11.7. The average Bonchev–Trinajstić information content (AvgIpc) is 2.14. The number of hydrogen-bond acceptors (Lipinski definition) is 3.